The van der Waals surface area contributed by atoms with Crippen LogP contribution in [-0.2, 0) is 9.47 Å². The summed E-state index contributed by atoms with van der Waals surface area (Å²) in [5.41, 5.74) is 0. The first kappa shape index (κ1) is 11.0. The predicted molar refractivity (Wildman–Crippen MR) is 57.1 cm³/mol. The molecule has 0 spiro atoms. The number of ether oxygens (including phenoxy) is 2. The topological polar surface area (TPSA) is 43.2 Å². The van der Waals surface area contributed by atoms with Crippen LogP contribution in [0, 0.1) is 0 Å². The van der Waals surface area contributed by atoms with Crippen LogP contribution in [0.25, 0.3) is 0 Å². The Bertz CT molecular complexity index is 145. The monoisotopic (exact) mass is 198 g/mol. The van der Waals surface area contributed by atoms with Crippen molar-refractivity contribution >= 4 is 12.8 Å². The molecular weight excluding hydrogens is 180 g/mol. The normalized spacial score (nSPS) is 20.6. The molecule has 0 aromatic carbocycles. The van der Waals surface area contributed by atoms with E-state index in [1.165, 1.54) is 38.5 Å². The van der Waals surface area contributed by atoms with Gasteiger partial charge < -0.3 is 9.47 Å². The number of nitrogens with zero attached hydrogens (tertiary/aromatic N) is 2. The van der Waals surface area contributed by atoms with Crippen molar-refractivity contribution in [2.75, 3.05) is 26.3 Å². The highest BCUT2D eigenvalue weighted by molar-refractivity contribution is 5.48. The van der Waals surface area contributed by atoms with Crippen LogP contribution in [0.1, 0.15) is 25.7 Å². The van der Waals surface area contributed by atoms with E-state index >= 15 is 0 Å². The first-order valence-corrected chi connectivity index (χ1v) is 5.20. The Balaban J connectivity index is 0.000000106. The molecule has 0 aromatic heterocycles. The standard InChI is InChI=1S/C4H8.2C3H5NO/c1-2-4-3-1;2*1-2-5-3-4-1/h1-4H2;2*3H,1-2H2. The smallest absolute Gasteiger partial charge is 0.169 e. The third-order valence-corrected chi connectivity index (χ3v) is 1.97. The number of aliphatic imine (C=N–C) groups is 2. The van der Waals surface area contributed by atoms with Gasteiger partial charge in [-0.1, -0.05) is 25.7 Å². The minimum absolute atomic E-state index is 0.778. The Morgan fingerprint density at radius 3 is 1.21 bits per heavy atom. The average Bonchev–Trinajstić information content (AvgIpc) is 2.81. The van der Waals surface area contributed by atoms with Gasteiger partial charge in [0.1, 0.15) is 13.2 Å². The largest absolute Gasteiger partial charge is 0.482 e. The molecule has 3 aliphatic rings. The fourth-order valence-corrected chi connectivity index (χ4v) is 0.777. The van der Waals surface area contributed by atoms with Crippen molar-refractivity contribution in [2.45, 2.75) is 25.7 Å². The fraction of sp³-hybridized carbons (Fsp3) is 0.800. The Labute approximate surface area is 85.0 Å². The second-order valence-electron chi connectivity index (χ2n) is 3.18. The summed E-state index contributed by atoms with van der Waals surface area (Å²) >= 11 is 0. The SMILES string of the molecule is C1=NCCO1.C1=NCCO1.C1CCC1. The molecule has 0 radical (unpaired) electrons. The lowest BCUT2D eigenvalue weighted by atomic mass is 10.0. The van der Waals surface area contributed by atoms with Gasteiger partial charge in [-0.05, 0) is 0 Å². The van der Waals surface area contributed by atoms with Crippen LogP contribution < -0.4 is 0 Å². The van der Waals surface area contributed by atoms with Crippen LogP contribution in [0.15, 0.2) is 9.98 Å². The van der Waals surface area contributed by atoms with E-state index in [1.807, 2.05) is 0 Å². The quantitative estimate of drug-likeness (QED) is 0.594. The summed E-state index contributed by atoms with van der Waals surface area (Å²) in [6.07, 6.45) is 8.97. The van der Waals surface area contributed by atoms with Crippen molar-refractivity contribution < 1.29 is 9.47 Å². The maximum absolute atomic E-state index is 4.65. The van der Waals surface area contributed by atoms with Crippen LogP contribution in [0.2, 0.25) is 0 Å². The van der Waals surface area contributed by atoms with E-state index in [4.69, 9.17) is 0 Å². The minimum Gasteiger partial charge on any atom is -0.482 e. The molecule has 0 bridgehead atoms. The minimum atomic E-state index is 0.778. The number of hydrogen-bond acceptors (Lipinski definition) is 4. The van der Waals surface area contributed by atoms with Crippen LogP contribution in [-0.4, -0.2) is 39.1 Å². The summed E-state index contributed by atoms with van der Waals surface area (Å²) in [7, 11) is 0. The predicted octanol–water partition coefficient (Wildman–Crippen LogP) is 1.65. The highest BCUT2D eigenvalue weighted by Crippen LogP contribution is 2.15. The fourth-order valence-electron chi connectivity index (χ4n) is 0.777. The average molecular weight is 198 g/mol. The van der Waals surface area contributed by atoms with E-state index in [1.54, 1.807) is 0 Å². The summed E-state index contributed by atoms with van der Waals surface area (Å²) in [6, 6.07) is 0. The van der Waals surface area contributed by atoms with Crippen molar-refractivity contribution in [3.05, 3.63) is 0 Å². The molecule has 1 aliphatic carbocycles. The van der Waals surface area contributed by atoms with Gasteiger partial charge in [0.15, 0.2) is 12.8 Å². The van der Waals surface area contributed by atoms with Gasteiger partial charge in [-0.15, -0.1) is 0 Å². The Morgan fingerprint density at radius 2 is 1.14 bits per heavy atom. The number of rotatable bonds is 0. The van der Waals surface area contributed by atoms with Crippen molar-refractivity contribution in [1.29, 1.82) is 0 Å². The molecule has 3 rings (SSSR count). The van der Waals surface area contributed by atoms with Crippen molar-refractivity contribution in [1.82, 2.24) is 0 Å². The Hall–Kier alpha value is -1.06. The van der Waals surface area contributed by atoms with Gasteiger partial charge in [-0.2, -0.15) is 0 Å². The lowest BCUT2D eigenvalue weighted by Gasteiger charge is -2.05. The van der Waals surface area contributed by atoms with Crippen molar-refractivity contribution in [3.63, 3.8) is 0 Å². The molecule has 4 heteroatoms. The molecule has 2 heterocycles. The molecule has 0 atom stereocenters. The maximum Gasteiger partial charge on any atom is 0.169 e. The molecule has 4 nitrogen and oxygen atoms in total. The Morgan fingerprint density at radius 1 is 0.714 bits per heavy atom. The van der Waals surface area contributed by atoms with E-state index in [9.17, 15) is 0 Å². The summed E-state index contributed by atoms with van der Waals surface area (Å²) < 4.78 is 9.31. The van der Waals surface area contributed by atoms with E-state index in [0.717, 1.165) is 26.3 Å². The molecule has 0 unspecified atom stereocenters. The van der Waals surface area contributed by atoms with Gasteiger partial charge in [0.25, 0.3) is 0 Å². The molecule has 0 amide bonds. The summed E-state index contributed by atoms with van der Waals surface area (Å²) in [5, 5.41) is 0. The first-order chi connectivity index (χ1) is 7.00. The van der Waals surface area contributed by atoms with Crippen LogP contribution in [0.3, 0.4) is 0 Å². The Kier molecular flexibility index (Phi) is 6.72. The highest BCUT2D eigenvalue weighted by atomic mass is 16.5. The first-order valence-electron chi connectivity index (χ1n) is 5.20. The third kappa shape index (κ3) is 6.46. The van der Waals surface area contributed by atoms with Crippen molar-refractivity contribution in [3.8, 4) is 0 Å². The van der Waals surface area contributed by atoms with Crippen LogP contribution >= 0.6 is 0 Å². The molecule has 1 saturated carbocycles. The molecule has 2 aliphatic heterocycles. The van der Waals surface area contributed by atoms with Gasteiger partial charge in [-0.3, -0.25) is 9.98 Å². The zero-order valence-electron chi connectivity index (χ0n) is 8.52. The lowest BCUT2D eigenvalue weighted by Crippen LogP contribution is -1.85. The van der Waals surface area contributed by atoms with E-state index in [2.05, 4.69) is 19.5 Å². The molecule has 0 aromatic rings. The third-order valence-electron chi connectivity index (χ3n) is 1.97. The van der Waals surface area contributed by atoms with Gasteiger partial charge in [-0.25, -0.2) is 0 Å². The molecule has 0 saturated heterocycles. The zero-order chi connectivity index (χ0) is 9.90. The summed E-state index contributed by atoms with van der Waals surface area (Å²) in [4.78, 5) is 7.47. The van der Waals surface area contributed by atoms with E-state index in [-0.39, 0.29) is 0 Å². The molecule has 1 fully saturated rings. The zero-order valence-corrected chi connectivity index (χ0v) is 8.52. The van der Waals surface area contributed by atoms with E-state index in [0.29, 0.717) is 0 Å². The summed E-state index contributed by atoms with van der Waals surface area (Å²) in [5.74, 6) is 0. The van der Waals surface area contributed by atoms with Gasteiger partial charge in [0.05, 0.1) is 13.1 Å². The lowest BCUT2D eigenvalue weighted by molar-refractivity contribution is 0.361. The van der Waals surface area contributed by atoms with Gasteiger partial charge >= 0.3 is 0 Å². The maximum atomic E-state index is 4.65. The van der Waals surface area contributed by atoms with Gasteiger partial charge in [0.2, 0.25) is 0 Å². The highest BCUT2D eigenvalue weighted by Gasteiger charge is 1.95. The molecular formula is C10H18N2O2. The van der Waals surface area contributed by atoms with Crippen LogP contribution in [0.4, 0.5) is 0 Å². The second-order valence-corrected chi connectivity index (χ2v) is 3.18. The van der Waals surface area contributed by atoms with E-state index < -0.39 is 0 Å². The van der Waals surface area contributed by atoms with Gasteiger partial charge in [0, 0.05) is 0 Å². The molecule has 14 heavy (non-hydrogen) atoms. The molecule has 0 N–H and O–H groups in total. The van der Waals surface area contributed by atoms with Crippen molar-refractivity contribution in [2.24, 2.45) is 9.98 Å². The number of hydrogen-bond donors (Lipinski definition) is 0. The van der Waals surface area contributed by atoms with Crippen LogP contribution in [0.5, 0.6) is 0 Å². The summed E-state index contributed by atoms with van der Waals surface area (Å²) in [6.45, 7) is 3.25. The second kappa shape index (κ2) is 8.53. The molecule has 80 valence electrons.